The number of hydrogen-bond acceptors (Lipinski definition) is 0. The number of hydrogen-bond donors (Lipinski definition) is 0. The van der Waals surface area contributed by atoms with Gasteiger partial charge in [-0.15, -0.1) is 0 Å². The molecule has 0 amide bonds. The molecular formula is C40H34P2+2. The first kappa shape index (κ1) is 26.8. The maximum Gasteiger partial charge on any atom is 0.120 e. The summed E-state index contributed by atoms with van der Waals surface area (Å²) in [7, 11) is -4.04. The van der Waals surface area contributed by atoms with Crippen molar-refractivity contribution in [3.63, 3.8) is 0 Å². The van der Waals surface area contributed by atoms with E-state index in [1.54, 1.807) is 0 Å². The second kappa shape index (κ2) is 11.0. The van der Waals surface area contributed by atoms with E-state index in [0.717, 1.165) is 0 Å². The average molecular weight is 577 g/mol. The molecule has 0 nitrogen and oxygen atoms in total. The minimum Gasteiger partial charge on any atom is -0.0620 e. The smallest absolute Gasteiger partial charge is 0.0620 e. The summed E-state index contributed by atoms with van der Waals surface area (Å²) in [5.41, 5.74) is 0. The van der Waals surface area contributed by atoms with Crippen LogP contribution in [0.3, 0.4) is 0 Å². The van der Waals surface area contributed by atoms with Crippen molar-refractivity contribution in [2.24, 2.45) is 0 Å². The lowest BCUT2D eigenvalue weighted by atomic mass is 10.0. The summed E-state index contributed by atoms with van der Waals surface area (Å²) in [6.07, 6.45) is 0. The monoisotopic (exact) mass is 576 g/mol. The molecule has 2 heteroatoms. The highest BCUT2D eigenvalue weighted by Gasteiger charge is 2.48. The summed E-state index contributed by atoms with van der Waals surface area (Å²) >= 11 is 0. The maximum absolute atomic E-state index is 2.52. The lowest BCUT2D eigenvalue weighted by Gasteiger charge is -2.30. The van der Waals surface area contributed by atoms with Gasteiger partial charge in [0.15, 0.2) is 0 Å². The van der Waals surface area contributed by atoms with Gasteiger partial charge in [-0.25, -0.2) is 0 Å². The van der Waals surface area contributed by atoms with Crippen molar-refractivity contribution in [3.8, 4) is 0 Å². The van der Waals surface area contributed by atoms with E-state index < -0.39 is 14.5 Å². The highest BCUT2D eigenvalue weighted by Crippen LogP contribution is 2.58. The van der Waals surface area contributed by atoms with Gasteiger partial charge in [0, 0.05) is 21.5 Å². The van der Waals surface area contributed by atoms with Crippen LogP contribution in [-0.4, -0.2) is 13.3 Å². The molecule has 0 fully saturated rings. The van der Waals surface area contributed by atoms with E-state index in [0.29, 0.717) is 0 Å². The van der Waals surface area contributed by atoms with E-state index in [1.165, 1.54) is 53.4 Å². The zero-order chi connectivity index (χ0) is 28.6. The SMILES string of the molecule is C[P+](c1ccccc1)(c1ccccc1)c1c2ccccc2c([P+](C)(c2ccccc2)c2ccccc2)c2ccccc12. The van der Waals surface area contributed by atoms with E-state index in [2.05, 4.69) is 183 Å². The first-order chi connectivity index (χ1) is 20.6. The molecule has 7 aromatic rings. The van der Waals surface area contributed by atoms with Crippen LogP contribution in [0.1, 0.15) is 0 Å². The third-order valence-electron chi connectivity index (χ3n) is 8.86. The molecule has 0 atom stereocenters. The highest BCUT2D eigenvalue weighted by atomic mass is 31.2. The van der Waals surface area contributed by atoms with Crippen LogP contribution in [-0.2, 0) is 0 Å². The third kappa shape index (κ3) is 4.22. The van der Waals surface area contributed by atoms with Gasteiger partial charge >= 0.3 is 0 Å². The molecule has 0 unspecified atom stereocenters. The van der Waals surface area contributed by atoms with Crippen LogP contribution in [0.15, 0.2) is 170 Å². The Morgan fingerprint density at radius 1 is 0.262 bits per heavy atom. The summed E-state index contributed by atoms with van der Waals surface area (Å²) < 4.78 is 0. The summed E-state index contributed by atoms with van der Waals surface area (Å²) in [5, 5.41) is 14.0. The van der Waals surface area contributed by atoms with Crippen molar-refractivity contribution in [1.82, 2.24) is 0 Å². The highest BCUT2D eigenvalue weighted by molar-refractivity contribution is 7.96. The van der Waals surface area contributed by atoms with Gasteiger partial charge in [0.25, 0.3) is 0 Å². The van der Waals surface area contributed by atoms with E-state index in [1.807, 2.05) is 0 Å². The molecule has 0 N–H and O–H groups in total. The summed E-state index contributed by atoms with van der Waals surface area (Å²) in [4.78, 5) is 0. The van der Waals surface area contributed by atoms with Crippen molar-refractivity contribution in [2.45, 2.75) is 0 Å². The van der Waals surface area contributed by atoms with Gasteiger partial charge in [0.05, 0.1) is 13.3 Å². The van der Waals surface area contributed by atoms with Crippen LogP contribution in [0.2, 0.25) is 0 Å². The number of rotatable bonds is 6. The second-order valence-electron chi connectivity index (χ2n) is 11.1. The maximum atomic E-state index is 2.52. The van der Waals surface area contributed by atoms with Crippen LogP contribution in [0.4, 0.5) is 0 Å². The van der Waals surface area contributed by atoms with Gasteiger partial charge in [-0.2, -0.15) is 0 Å². The normalized spacial score (nSPS) is 12.0. The Balaban J connectivity index is 1.69. The molecule has 202 valence electrons. The van der Waals surface area contributed by atoms with Crippen LogP contribution < -0.4 is 31.8 Å². The van der Waals surface area contributed by atoms with Gasteiger partial charge < -0.3 is 0 Å². The average Bonchev–Trinajstić information content (AvgIpc) is 3.08. The molecule has 0 saturated heterocycles. The molecular weight excluding hydrogens is 542 g/mol. The Morgan fingerprint density at radius 2 is 0.452 bits per heavy atom. The molecule has 0 bridgehead atoms. The van der Waals surface area contributed by atoms with Crippen molar-refractivity contribution in [2.75, 3.05) is 13.3 Å². The summed E-state index contributed by atoms with van der Waals surface area (Å²) in [6, 6.07) is 63.2. The van der Waals surface area contributed by atoms with Gasteiger partial charge in [-0.05, 0) is 48.5 Å². The van der Waals surface area contributed by atoms with Crippen molar-refractivity contribution in [3.05, 3.63) is 170 Å². The van der Waals surface area contributed by atoms with Crippen LogP contribution in [0, 0.1) is 0 Å². The largest absolute Gasteiger partial charge is 0.120 e. The lowest BCUT2D eigenvalue weighted by molar-refractivity contribution is 1.73. The molecule has 0 heterocycles. The minimum absolute atomic E-state index is 1.37. The zero-order valence-corrected chi connectivity index (χ0v) is 25.8. The Kier molecular flexibility index (Phi) is 6.99. The zero-order valence-electron chi connectivity index (χ0n) is 24.1. The van der Waals surface area contributed by atoms with Gasteiger partial charge in [0.1, 0.15) is 46.4 Å². The Hall–Kier alpha value is -4.08. The lowest BCUT2D eigenvalue weighted by Crippen LogP contribution is -2.35. The fourth-order valence-electron chi connectivity index (χ4n) is 6.77. The molecule has 7 rings (SSSR count). The van der Waals surface area contributed by atoms with Gasteiger partial charge in [0.2, 0.25) is 0 Å². The summed E-state index contributed by atoms with van der Waals surface area (Å²) in [6.45, 7) is 5.04. The first-order valence-corrected chi connectivity index (χ1v) is 19.0. The van der Waals surface area contributed by atoms with Crippen LogP contribution in [0.25, 0.3) is 21.5 Å². The minimum atomic E-state index is -2.02. The predicted molar refractivity (Wildman–Crippen MR) is 191 cm³/mol. The Labute approximate surface area is 250 Å². The quantitative estimate of drug-likeness (QED) is 0.140. The summed E-state index contributed by atoms with van der Waals surface area (Å²) in [5.74, 6) is 0. The van der Waals surface area contributed by atoms with Crippen molar-refractivity contribution >= 4 is 67.9 Å². The Bertz CT molecular complexity index is 1700. The molecule has 0 aliphatic rings. The molecule has 0 saturated carbocycles. The molecule has 0 aromatic heterocycles. The molecule has 0 aliphatic carbocycles. The van der Waals surface area contributed by atoms with Crippen LogP contribution >= 0.6 is 14.5 Å². The second-order valence-corrected chi connectivity index (χ2v) is 18.1. The molecule has 0 radical (unpaired) electrons. The van der Waals surface area contributed by atoms with Crippen molar-refractivity contribution in [1.29, 1.82) is 0 Å². The predicted octanol–water partition coefficient (Wildman–Crippen LogP) is 7.84. The van der Waals surface area contributed by atoms with Crippen molar-refractivity contribution < 1.29 is 0 Å². The van der Waals surface area contributed by atoms with E-state index in [9.17, 15) is 0 Å². The van der Waals surface area contributed by atoms with E-state index in [-0.39, 0.29) is 0 Å². The fraction of sp³-hybridized carbons (Fsp3) is 0.0500. The van der Waals surface area contributed by atoms with Gasteiger partial charge in [-0.3, -0.25) is 0 Å². The van der Waals surface area contributed by atoms with E-state index >= 15 is 0 Å². The van der Waals surface area contributed by atoms with Crippen LogP contribution in [0.5, 0.6) is 0 Å². The molecule has 42 heavy (non-hydrogen) atoms. The third-order valence-corrected chi connectivity index (χ3v) is 16.9. The first-order valence-electron chi connectivity index (χ1n) is 14.5. The van der Waals surface area contributed by atoms with Gasteiger partial charge in [-0.1, -0.05) is 121 Å². The topological polar surface area (TPSA) is 0 Å². The fourth-order valence-corrected chi connectivity index (χ4v) is 14.2. The number of fused-ring (bicyclic) bond motifs is 2. The standard InChI is InChI=1S/C40H34P2/c1-41(31-19-7-3-8-20-31,32-21-9-4-10-22-32)39-35-27-15-17-29-37(35)40(38-30-18-16-28-36(38)39)42(2,33-23-11-5-12-24-33)34-25-13-6-14-26-34/h3-30H,1-2H3/q+2. The molecule has 7 aromatic carbocycles. The number of benzene rings is 7. The van der Waals surface area contributed by atoms with E-state index in [4.69, 9.17) is 0 Å². The molecule has 0 aliphatic heterocycles. The Morgan fingerprint density at radius 3 is 0.667 bits per heavy atom. The molecule has 0 spiro atoms.